The van der Waals surface area contributed by atoms with Gasteiger partial charge in [-0.1, -0.05) is 30.3 Å². The minimum Gasteiger partial charge on any atom is -0.479 e. The number of carboxylic acid groups (broad SMARTS) is 1. The molecule has 1 atom stereocenters. The van der Waals surface area contributed by atoms with Gasteiger partial charge in [0.15, 0.2) is 11.7 Å². The molecule has 124 valence electrons. The molecule has 0 radical (unpaired) electrons. The van der Waals surface area contributed by atoms with Crippen LogP contribution in [0.5, 0.6) is 0 Å². The lowest BCUT2D eigenvalue weighted by molar-refractivity contribution is -0.392. The number of hydrogen-bond acceptors (Lipinski definition) is 6. The molecule has 0 aliphatic rings. The minimum atomic E-state index is -1.37. The first-order chi connectivity index (χ1) is 11.3. The molecule has 24 heavy (non-hydrogen) atoms. The predicted octanol–water partition coefficient (Wildman–Crippen LogP) is 3.05. The number of aliphatic carboxylic acids is 1. The van der Waals surface area contributed by atoms with Crippen molar-refractivity contribution in [3.8, 4) is 0 Å². The Hall–Kier alpha value is -3.49. The van der Waals surface area contributed by atoms with Crippen LogP contribution < -0.4 is 5.32 Å². The Morgan fingerprint density at radius 1 is 1.08 bits per heavy atom. The Balaban J connectivity index is 2.59. The van der Waals surface area contributed by atoms with Crippen LogP contribution in [0.4, 0.5) is 17.1 Å². The molecule has 2 aromatic carbocycles. The second-order valence-electron chi connectivity index (χ2n) is 5.02. The molecule has 0 spiro atoms. The van der Waals surface area contributed by atoms with E-state index in [2.05, 4.69) is 5.32 Å². The van der Waals surface area contributed by atoms with Gasteiger partial charge in [-0.3, -0.25) is 20.2 Å². The Bertz CT molecular complexity index is 771. The Morgan fingerprint density at radius 2 is 1.58 bits per heavy atom. The van der Waals surface area contributed by atoms with Crippen molar-refractivity contribution in [2.45, 2.75) is 13.0 Å². The van der Waals surface area contributed by atoms with Gasteiger partial charge in [-0.15, -0.1) is 0 Å². The Labute approximate surface area is 135 Å². The molecule has 9 nitrogen and oxygen atoms in total. The number of nitrogens with one attached hydrogen (secondary N) is 1. The Kier molecular flexibility index (Phi) is 4.73. The fourth-order valence-electron chi connectivity index (χ4n) is 2.26. The summed E-state index contributed by atoms with van der Waals surface area (Å²) in [5, 5.41) is 34.3. The first-order valence-electron chi connectivity index (χ1n) is 6.79. The zero-order chi connectivity index (χ0) is 17.9. The number of hydrogen-bond donors (Lipinski definition) is 2. The monoisotopic (exact) mass is 331 g/mol. The van der Waals surface area contributed by atoms with Gasteiger partial charge in [-0.05, 0) is 18.1 Å². The fraction of sp³-hybridized carbons (Fsp3) is 0.133. The van der Waals surface area contributed by atoms with Gasteiger partial charge in [0.2, 0.25) is 0 Å². The van der Waals surface area contributed by atoms with Crippen LogP contribution in [0.2, 0.25) is 0 Å². The third kappa shape index (κ3) is 3.46. The van der Waals surface area contributed by atoms with E-state index in [1.165, 1.54) is 19.1 Å². The van der Waals surface area contributed by atoms with Crippen molar-refractivity contribution >= 4 is 23.0 Å². The van der Waals surface area contributed by atoms with E-state index in [0.29, 0.717) is 11.1 Å². The van der Waals surface area contributed by atoms with Crippen LogP contribution in [-0.4, -0.2) is 20.9 Å². The van der Waals surface area contributed by atoms with Crippen molar-refractivity contribution in [3.05, 3.63) is 73.8 Å². The van der Waals surface area contributed by atoms with E-state index in [9.17, 15) is 30.1 Å². The average molecular weight is 331 g/mol. The molecule has 0 bridgehead atoms. The number of nitro benzene ring substituents is 2. The normalized spacial score (nSPS) is 11.5. The van der Waals surface area contributed by atoms with Crippen molar-refractivity contribution in [2.75, 3.05) is 5.32 Å². The molecule has 0 unspecified atom stereocenters. The summed E-state index contributed by atoms with van der Waals surface area (Å²) in [6.45, 7) is 1.48. The lowest BCUT2D eigenvalue weighted by atomic mass is 10.1. The van der Waals surface area contributed by atoms with E-state index >= 15 is 0 Å². The van der Waals surface area contributed by atoms with Crippen LogP contribution in [-0.2, 0) is 4.79 Å². The summed E-state index contributed by atoms with van der Waals surface area (Å²) in [5.41, 5.74) is -0.903. The summed E-state index contributed by atoms with van der Waals surface area (Å²) >= 11 is 0. The molecule has 0 amide bonds. The highest BCUT2D eigenvalue weighted by Crippen LogP contribution is 2.37. The molecule has 0 aromatic heterocycles. The maximum atomic E-state index is 11.5. The number of benzene rings is 2. The van der Waals surface area contributed by atoms with Crippen LogP contribution in [0.1, 0.15) is 17.2 Å². The SMILES string of the molecule is Cc1cc([N+](=O)[O-])c(N[C@@H](C(=O)O)c2ccccc2)c([N+](=O)[O-])c1. The van der Waals surface area contributed by atoms with E-state index in [1.54, 1.807) is 18.2 Å². The molecule has 2 rings (SSSR count). The third-order valence-electron chi connectivity index (χ3n) is 3.30. The summed E-state index contributed by atoms with van der Waals surface area (Å²) in [6.07, 6.45) is 0. The molecular weight excluding hydrogens is 318 g/mol. The van der Waals surface area contributed by atoms with E-state index in [0.717, 1.165) is 12.1 Å². The highest BCUT2D eigenvalue weighted by Gasteiger charge is 2.30. The second kappa shape index (κ2) is 6.73. The minimum absolute atomic E-state index is 0.314. The van der Waals surface area contributed by atoms with Gasteiger partial charge in [-0.25, -0.2) is 4.79 Å². The maximum absolute atomic E-state index is 11.5. The zero-order valence-electron chi connectivity index (χ0n) is 12.5. The number of anilines is 1. The van der Waals surface area contributed by atoms with Gasteiger partial charge >= 0.3 is 5.97 Å². The zero-order valence-corrected chi connectivity index (χ0v) is 12.5. The van der Waals surface area contributed by atoms with Crippen molar-refractivity contribution < 1.29 is 19.7 Å². The summed E-state index contributed by atoms with van der Waals surface area (Å²) in [7, 11) is 0. The van der Waals surface area contributed by atoms with Gasteiger partial charge in [0.25, 0.3) is 11.4 Å². The van der Waals surface area contributed by atoms with E-state index in [-0.39, 0.29) is 0 Å². The predicted molar refractivity (Wildman–Crippen MR) is 84.9 cm³/mol. The highest BCUT2D eigenvalue weighted by atomic mass is 16.6. The Morgan fingerprint density at radius 3 is 2.00 bits per heavy atom. The molecule has 0 aliphatic carbocycles. The molecule has 0 saturated carbocycles. The third-order valence-corrected chi connectivity index (χ3v) is 3.30. The van der Waals surface area contributed by atoms with Crippen LogP contribution in [0.3, 0.4) is 0 Å². The maximum Gasteiger partial charge on any atom is 0.330 e. The largest absolute Gasteiger partial charge is 0.479 e. The summed E-state index contributed by atoms with van der Waals surface area (Å²) in [6, 6.07) is 8.84. The van der Waals surface area contributed by atoms with E-state index in [1.807, 2.05) is 0 Å². The number of carbonyl (C=O) groups is 1. The molecule has 0 aliphatic heterocycles. The number of aryl methyl sites for hydroxylation is 1. The van der Waals surface area contributed by atoms with Crippen molar-refractivity contribution in [1.29, 1.82) is 0 Å². The number of nitro groups is 2. The highest BCUT2D eigenvalue weighted by molar-refractivity contribution is 5.84. The quantitative estimate of drug-likeness (QED) is 0.613. The average Bonchev–Trinajstić information content (AvgIpc) is 2.53. The van der Waals surface area contributed by atoms with E-state index < -0.39 is 38.9 Å². The molecule has 2 aromatic rings. The van der Waals surface area contributed by atoms with Gasteiger partial charge in [-0.2, -0.15) is 0 Å². The molecule has 2 N–H and O–H groups in total. The standard InChI is InChI=1S/C15H13N3O6/c1-9-7-11(17(21)22)14(12(8-9)18(23)24)16-13(15(19)20)10-5-3-2-4-6-10/h2-8,13,16H,1H3,(H,19,20)/t13-/m1/s1. The topological polar surface area (TPSA) is 136 Å². The first kappa shape index (κ1) is 16.9. The van der Waals surface area contributed by atoms with Crippen LogP contribution in [0, 0.1) is 27.2 Å². The van der Waals surface area contributed by atoms with Gasteiger partial charge in [0, 0.05) is 12.1 Å². The summed E-state index contributed by atoms with van der Waals surface area (Å²) in [4.78, 5) is 32.4. The van der Waals surface area contributed by atoms with Crippen LogP contribution in [0.15, 0.2) is 42.5 Å². The fourth-order valence-corrected chi connectivity index (χ4v) is 2.26. The summed E-state index contributed by atoms with van der Waals surface area (Å²) < 4.78 is 0. The van der Waals surface area contributed by atoms with Gasteiger partial charge < -0.3 is 10.4 Å². The smallest absolute Gasteiger partial charge is 0.330 e. The number of rotatable bonds is 6. The van der Waals surface area contributed by atoms with Gasteiger partial charge in [0.1, 0.15) is 0 Å². The molecular formula is C15H13N3O6. The first-order valence-corrected chi connectivity index (χ1v) is 6.79. The van der Waals surface area contributed by atoms with Gasteiger partial charge in [0.05, 0.1) is 9.85 Å². The summed E-state index contributed by atoms with van der Waals surface area (Å²) in [5.74, 6) is -1.31. The lowest BCUT2D eigenvalue weighted by Crippen LogP contribution is -2.21. The van der Waals surface area contributed by atoms with E-state index in [4.69, 9.17) is 0 Å². The number of carboxylic acids is 1. The molecule has 0 heterocycles. The number of nitrogens with zero attached hydrogens (tertiary/aromatic N) is 2. The van der Waals surface area contributed by atoms with Crippen LogP contribution in [0.25, 0.3) is 0 Å². The van der Waals surface area contributed by atoms with Crippen molar-refractivity contribution in [3.63, 3.8) is 0 Å². The lowest BCUT2D eigenvalue weighted by Gasteiger charge is -2.16. The second-order valence-corrected chi connectivity index (χ2v) is 5.02. The van der Waals surface area contributed by atoms with Crippen molar-refractivity contribution in [1.82, 2.24) is 0 Å². The molecule has 0 saturated heterocycles. The molecule has 0 fully saturated rings. The molecule has 9 heteroatoms. The van der Waals surface area contributed by atoms with Crippen LogP contribution >= 0.6 is 0 Å². The van der Waals surface area contributed by atoms with Crippen molar-refractivity contribution in [2.24, 2.45) is 0 Å².